The summed E-state index contributed by atoms with van der Waals surface area (Å²) in [7, 11) is 0. The topological polar surface area (TPSA) is 0 Å². The van der Waals surface area contributed by atoms with Crippen LogP contribution in [0.5, 0.6) is 0 Å². The van der Waals surface area contributed by atoms with Crippen LogP contribution in [0.4, 0.5) is 0 Å². The number of allylic oxidation sites excluding steroid dienone is 4. The molecule has 1 aliphatic carbocycles. The normalized spacial score (nSPS) is 13.0. The van der Waals surface area contributed by atoms with Gasteiger partial charge in [-0.3, -0.25) is 6.08 Å². The molecule has 0 bridgehead atoms. The molecule has 0 N–H and O–H groups in total. The van der Waals surface area contributed by atoms with Gasteiger partial charge in [-0.1, -0.05) is 51.3 Å². The van der Waals surface area contributed by atoms with Gasteiger partial charge in [0.15, 0.2) is 0 Å². The Kier molecular flexibility index (Phi) is 14.3. The Morgan fingerprint density at radius 3 is 0.938 bits per heavy atom. The Morgan fingerprint density at radius 1 is 0.562 bits per heavy atom. The van der Waals surface area contributed by atoms with Crippen LogP contribution in [0.2, 0.25) is 0 Å². The number of hydrogen-bond acceptors (Lipinski definition) is 0. The minimum absolute atomic E-state index is 0. The molecule has 0 aromatic heterocycles. The zero-order valence-corrected chi connectivity index (χ0v) is 23.9. The first kappa shape index (κ1) is 29.6. The maximum Gasteiger partial charge on any atom is 4.00 e. The van der Waals surface area contributed by atoms with E-state index < -0.39 is 0 Å². The van der Waals surface area contributed by atoms with Gasteiger partial charge in [-0.15, -0.1) is 43.3 Å². The van der Waals surface area contributed by atoms with E-state index in [1.165, 1.54) is 16.7 Å². The van der Waals surface area contributed by atoms with E-state index in [4.69, 9.17) is 0 Å². The zero-order chi connectivity index (χ0) is 23.3. The van der Waals surface area contributed by atoms with Gasteiger partial charge in [-0.2, -0.15) is 85.0 Å². The SMILES string of the molecule is CC1=[C-]C(C)(C)C(C)=C1C.[CH2-]c1ccccc1.[CH2-]c1ccccc1.[CH2-]c1ccccc1.[Hf+4]. The third kappa shape index (κ3) is 11.9. The standard InChI is InChI=1S/C10H15.3C7H7.Hf/c1-7-6-10(4,5)9(3)8(7)2;3*1-7-5-3-2-4-6-7;/h1-5H3;3*2-6H,1H2;/q4*-1;+4. The van der Waals surface area contributed by atoms with Crippen molar-refractivity contribution in [3.63, 3.8) is 0 Å². The van der Waals surface area contributed by atoms with Crippen LogP contribution < -0.4 is 0 Å². The molecule has 0 atom stereocenters. The van der Waals surface area contributed by atoms with E-state index in [9.17, 15) is 0 Å². The second-order valence-corrected chi connectivity index (χ2v) is 8.08. The molecular weight excluding hydrogens is 551 g/mol. The molecule has 164 valence electrons. The van der Waals surface area contributed by atoms with Crippen molar-refractivity contribution in [1.82, 2.24) is 0 Å². The Balaban J connectivity index is 0.000000401. The molecule has 3 aromatic rings. The van der Waals surface area contributed by atoms with Crippen LogP contribution in [0, 0.1) is 32.3 Å². The monoisotopic (exact) mass is 588 g/mol. The molecule has 3 aromatic carbocycles. The van der Waals surface area contributed by atoms with Crippen molar-refractivity contribution in [3.8, 4) is 0 Å². The van der Waals surface area contributed by atoms with Gasteiger partial charge in [-0.05, 0) is 0 Å². The molecule has 0 radical (unpaired) electrons. The van der Waals surface area contributed by atoms with Crippen LogP contribution in [-0.2, 0) is 25.8 Å². The Labute approximate surface area is 216 Å². The van der Waals surface area contributed by atoms with Gasteiger partial charge in [0.2, 0.25) is 0 Å². The maximum absolute atomic E-state index is 3.72. The van der Waals surface area contributed by atoms with Gasteiger partial charge in [0.25, 0.3) is 0 Å². The summed E-state index contributed by atoms with van der Waals surface area (Å²) in [6, 6.07) is 29.6. The van der Waals surface area contributed by atoms with Crippen LogP contribution in [0.15, 0.2) is 108 Å². The van der Waals surface area contributed by atoms with E-state index in [0.717, 1.165) is 16.7 Å². The van der Waals surface area contributed by atoms with Crippen LogP contribution in [-0.4, -0.2) is 0 Å². The summed E-state index contributed by atoms with van der Waals surface area (Å²) >= 11 is 0. The fourth-order valence-corrected chi connectivity index (χ4v) is 2.84. The smallest absolute Gasteiger partial charge is 0.263 e. The third-order valence-electron chi connectivity index (χ3n) is 5.09. The van der Waals surface area contributed by atoms with Crippen LogP contribution in [0.25, 0.3) is 0 Å². The minimum atomic E-state index is 0. The first-order valence-corrected chi connectivity index (χ1v) is 10.5. The van der Waals surface area contributed by atoms with Crippen LogP contribution in [0.1, 0.15) is 51.3 Å². The fraction of sp³-hybridized carbons (Fsp3) is 0.194. The predicted molar refractivity (Wildman–Crippen MR) is 137 cm³/mol. The Bertz CT molecular complexity index is 844. The first-order valence-electron chi connectivity index (χ1n) is 10.5. The van der Waals surface area contributed by atoms with Crippen molar-refractivity contribution in [2.24, 2.45) is 5.41 Å². The summed E-state index contributed by atoms with van der Waals surface area (Å²) in [6.45, 7) is 22.1. The zero-order valence-electron chi connectivity index (χ0n) is 20.3. The van der Waals surface area contributed by atoms with Crippen LogP contribution >= 0.6 is 0 Å². The fourth-order valence-electron chi connectivity index (χ4n) is 2.84. The molecule has 0 saturated heterocycles. The molecule has 0 fully saturated rings. The number of rotatable bonds is 0. The van der Waals surface area contributed by atoms with Gasteiger partial charge in [0.1, 0.15) is 0 Å². The summed E-state index contributed by atoms with van der Waals surface area (Å²) in [6.07, 6.45) is 3.44. The summed E-state index contributed by atoms with van der Waals surface area (Å²) in [5, 5.41) is 0. The Hall–Kier alpha value is -2.38. The minimum Gasteiger partial charge on any atom is -0.263 e. The molecule has 4 rings (SSSR count). The molecule has 0 unspecified atom stereocenters. The maximum atomic E-state index is 3.72. The van der Waals surface area contributed by atoms with Gasteiger partial charge in [-0.25, -0.2) is 5.57 Å². The van der Waals surface area contributed by atoms with E-state index in [0.29, 0.717) is 0 Å². The van der Waals surface area contributed by atoms with E-state index in [2.05, 4.69) is 61.5 Å². The van der Waals surface area contributed by atoms with Crippen molar-refractivity contribution >= 4 is 0 Å². The average molecular weight is 587 g/mol. The molecule has 1 heteroatoms. The van der Waals surface area contributed by atoms with Gasteiger partial charge in [0.05, 0.1) is 0 Å². The van der Waals surface area contributed by atoms with Crippen molar-refractivity contribution < 1.29 is 25.8 Å². The van der Waals surface area contributed by atoms with E-state index in [1.807, 2.05) is 91.0 Å². The van der Waals surface area contributed by atoms with Crippen molar-refractivity contribution in [1.29, 1.82) is 0 Å². The van der Waals surface area contributed by atoms with E-state index >= 15 is 0 Å². The van der Waals surface area contributed by atoms with Gasteiger partial charge < -0.3 is 0 Å². The van der Waals surface area contributed by atoms with Crippen molar-refractivity contribution in [3.05, 3.63) is 151 Å². The summed E-state index contributed by atoms with van der Waals surface area (Å²) in [5.74, 6) is 0. The molecular formula is C31H36Hf. The van der Waals surface area contributed by atoms with E-state index in [1.54, 1.807) is 0 Å². The van der Waals surface area contributed by atoms with E-state index in [-0.39, 0.29) is 31.3 Å². The summed E-state index contributed by atoms with van der Waals surface area (Å²) in [5.41, 5.74) is 7.61. The van der Waals surface area contributed by atoms with Crippen molar-refractivity contribution in [2.75, 3.05) is 0 Å². The molecule has 1 aliphatic rings. The van der Waals surface area contributed by atoms with Crippen LogP contribution in [0.3, 0.4) is 0 Å². The van der Waals surface area contributed by atoms with Gasteiger partial charge in [0, 0.05) is 0 Å². The average Bonchev–Trinajstić information content (AvgIpc) is 2.92. The number of hydrogen-bond donors (Lipinski definition) is 0. The quantitative estimate of drug-likeness (QED) is 0.182. The first-order chi connectivity index (χ1) is 14.6. The largest absolute Gasteiger partial charge is 4.00 e. The molecule has 0 heterocycles. The Morgan fingerprint density at radius 2 is 0.844 bits per heavy atom. The van der Waals surface area contributed by atoms with Crippen molar-refractivity contribution in [2.45, 2.75) is 34.6 Å². The summed E-state index contributed by atoms with van der Waals surface area (Å²) < 4.78 is 0. The molecule has 0 saturated carbocycles. The molecule has 0 nitrogen and oxygen atoms in total. The summed E-state index contributed by atoms with van der Waals surface area (Å²) in [4.78, 5) is 0. The second kappa shape index (κ2) is 15.4. The predicted octanol–water partition coefficient (Wildman–Crippen LogP) is 8.72. The molecule has 0 aliphatic heterocycles. The molecule has 32 heavy (non-hydrogen) atoms. The third-order valence-corrected chi connectivity index (χ3v) is 5.09. The molecule has 0 spiro atoms. The molecule has 0 amide bonds. The van der Waals surface area contributed by atoms with Gasteiger partial charge >= 0.3 is 25.8 Å². The second-order valence-electron chi connectivity index (χ2n) is 8.08. The number of benzene rings is 3.